The van der Waals surface area contributed by atoms with E-state index in [9.17, 15) is 4.79 Å². The first-order valence-electron chi connectivity index (χ1n) is 4.48. The zero-order chi connectivity index (χ0) is 10.8. The number of nitrogens with one attached hydrogen (secondary N) is 1. The van der Waals surface area contributed by atoms with Crippen LogP contribution in [-0.2, 0) is 11.2 Å². The Labute approximate surface area is 99.7 Å². The van der Waals surface area contributed by atoms with Crippen molar-refractivity contribution in [2.45, 2.75) is 32.7 Å². The van der Waals surface area contributed by atoms with Gasteiger partial charge in [-0.25, -0.2) is 4.98 Å². The van der Waals surface area contributed by atoms with Crippen LogP contribution in [0.15, 0.2) is 6.20 Å². The van der Waals surface area contributed by atoms with Gasteiger partial charge in [-0.15, -0.1) is 23.7 Å². The predicted octanol–water partition coefficient (Wildman–Crippen LogP) is 1.80. The van der Waals surface area contributed by atoms with Gasteiger partial charge in [0.1, 0.15) is 0 Å². The standard InChI is InChI=1S/C9H15N3OS.ClH/c1-4-6-5-11-8(14-6)12-7(13)9(2,3)10;/h5H,4,10H2,1-3H3,(H,11,12,13);1H. The summed E-state index contributed by atoms with van der Waals surface area (Å²) < 4.78 is 0. The fourth-order valence-corrected chi connectivity index (χ4v) is 1.53. The molecule has 15 heavy (non-hydrogen) atoms. The third kappa shape index (κ3) is 4.15. The van der Waals surface area contributed by atoms with Crippen LogP contribution in [0.4, 0.5) is 5.13 Å². The second-order valence-corrected chi connectivity index (χ2v) is 4.78. The van der Waals surface area contributed by atoms with Gasteiger partial charge in [-0.3, -0.25) is 4.79 Å². The number of nitrogens with two attached hydrogens (primary N) is 1. The number of hydrogen-bond acceptors (Lipinski definition) is 4. The van der Waals surface area contributed by atoms with Gasteiger partial charge < -0.3 is 11.1 Å². The zero-order valence-corrected chi connectivity index (χ0v) is 10.7. The minimum atomic E-state index is -0.863. The Morgan fingerprint density at radius 2 is 2.27 bits per heavy atom. The third-order valence-corrected chi connectivity index (χ3v) is 2.76. The monoisotopic (exact) mass is 249 g/mol. The topological polar surface area (TPSA) is 68.0 Å². The number of nitrogens with zero attached hydrogens (tertiary/aromatic N) is 1. The number of anilines is 1. The molecule has 1 rings (SSSR count). The summed E-state index contributed by atoms with van der Waals surface area (Å²) in [5.74, 6) is -0.213. The van der Waals surface area contributed by atoms with Gasteiger partial charge >= 0.3 is 0 Å². The number of amides is 1. The third-order valence-electron chi connectivity index (χ3n) is 1.71. The molecule has 1 amide bonds. The van der Waals surface area contributed by atoms with E-state index in [-0.39, 0.29) is 18.3 Å². The highest BCUT2D eigenvalue weighted by atomic mass is 35.5. The number of halogens is 1. The summed E-state index contributed by atoms with van der Waals surface area (Å²) in [6.45, 7) is 5.37. The molecular formula is C9H16ClN3OS. The summed E-state index contributed by atoms with van der Waals surface area (Å²) in [5, 5.41) is 3.30. The van der Waals surface area contributed by atoms with Gasteiger partial charge in [-0.1, -0.05) is 6.92 Å². The maximum atomic E-state index is 11.5. The van der Waals surface area contributed by atoms with Crippen LogP contribution in [0.2, 0.25) is 0 Å². The van der Waals surface area contributed by atoms with Crippen LogP contribution in [0, 0.1) is 0 Å². The zero-order valence-electron chi connectivity index (χ0n) is 9.03. The second-order valence-electron chi connectivity index (χ2n) is 3.66. The summed E-state index contributed by atoms with van der Waals surface area (Å²) >= 11 is 1.48. The van der Waals surface area contributed by atoms with E-state index in [1.807, 2.05) is 6.92 Å². The molecule has 1 aromatic rings. The number of aromatic nitrogens is 1. The SMILES string of the molecule is CCc1cnc(NC(=O)C(C)(C)N)s1.Cl. The molecule has 0 aromatic carbocycles. The molecule has 6 heteroatoms. The first-order chi connectivity index (χ1) is 6.43. The van der Waals surface area contributed by atoms with E-state index >= 15 is 0 Å². The molecule has 0 aliphatic carbocycles. The lowest BCUT2D eigenvalue weighted by molar-refractivity contribution is -0.120. The van der Waals surface area contributed by atoms with Crippen LogP contribution in [0.1, 0.15) is 25.6 Å². The summed E-state index contributed by atoms with van der Waals surface area (Å²) in [6.07, 6.45) is 2.70. The van der Waals surface area contributed by atoms with Crippen molar-refractivity contribution in [3.05, 3.63) is 11.1 Å². The Hall–Kier alpha value is -0.650. The van der Waals surface area contributed by atoms with E-state index in [4.69, 9.17) is 5.73 Å². The number of carbonyl (C=O) groups excluding carboxylic acids is 1. The number of carbonyl (C=O) groups is 1. The van der Waals surface area contributed by atoms with Crippen molar-refractivity contribution >= 4 is 34.8 Å². The van der Waals surface area contributed by atoms with Gasteiger partial charge in [0.15, 0.2) is 5.13 Å². The largest absolute Gasteiger partial charge is 0.318 e. The normalized spacial score (nSPS) is 10.7. The highest BCUT2D eigenvalue weighted by molar-refractivity contribution is 7.15. The maximum absolute atomic E-state index is 11.5. The van der Waals surface area contributed by atoms with Gasteiger partial charge in [-0.05, 0) is 20.3 Å². The van der Waals surface area contributed by atoms with E-state index in [0.29, 0.717) is 5.13 Å². The van der Waals surface area contributed by atoms with Crippen LogP contribution in [0.25, 0.3) is 0 Å². The molecule has 1 heterocycles. The summed E-state index contributed by atoms with van der Waals surface area (Å²) in [7, 11) is 0. The summed E-state index contributed by atoms with van der Waals surface area (Å²) in [5.41, 5.74) is 4.77. The minimum Gasteiger partial charge on any atom is -0.318 e. The first kappa shape index (κ1) is 14.3. The molecule has 4 nitrogen and oxygen atoms in total. The van der Waals surface area contributed by atoms with Gasteiger partial charge in [0.05, 0.1) is 5.54 Å². The van der Waals surface area contributed by atoms with Crippen LogP contribution in [0.5, 0.6) is 0 Å². The molecule has 0 saturated carbocycles. The van der Waals surface area contributed by atoms with Crippen LogP contribution < -0.4 is 11.1 Å². The van der Waals surface area contributed by atoms with Crippen molar-refractivity contribution in [3.63, 3.8) is 0 Å². The van der Waals surface area contributed by atoms with Crippen LogP contribution >= 0.6 is 23.7 Å². The molecule has 0 unspecified atom stereocenters. The number of rotatable bonds is 3. The number of thiazole rings is 1. The molecule has 1 aromatic heterocycles. The Bertz CT molecular complexity index is 332. The van der Waals surface area contributed by atoms with Crippen LogP contribution in [-0.4, -0.2) is 16.4 Å². The number of aryl methyl sites for hydroxylation is 1. The average Bonchev–Trinajstić information content (AvgIpc) is 2.50. The van der Waals surface area contributed by atoms with Crippen molar-refractivity contribution in [1.82, 2.24) is 4.98 Å². The Kier molecular flexibility index (Phi) is 5.20. The fourth-order valence-electron chi connectivity index (χ4n) is 0.787. The summed E-state index contributed by atoms with van der Waals surface area (Å²) in [4.78, 5) is 16.7. The molecule has 0 radical (unpaired) electrons. The molecule has 0 bridgehead atoms. The molecule has 0 atom stereocenters. The van der Waals surface area contributed by atoms with E-state index in [2.05, 4.69) is 10.3 Å². The molecule has 86 valence electrons. The smallest absolute Gasteiger partial charge is 0.245 e. The van der Waals surface area contributed by atoms with Crippen LogP contribution in [0.3, 0.4) is 0 Å². The summed E-state index contributed by atoms with van der Waals surface area (Å²) in [6, 6.07) is 0. The van der Waals surface area contributed by atoms with Crippen molar-refractivity contribution < 1.29 is 4.79 Å². The minimum absolute atomic E-state index is 0. The highest BCUT2D eigenvalue weighted by Crippen LogP contribution is 2.18. The Morgan fingerprint density at radius 3 is 2.67 bits per heavy atom. The first-order valence-corrected chi connectivity index (χ1v) is 5.30. The van der Waals surface area contributed by atoms with Crippen molar-refractivity contribution in [3.8, 4) is 0 Å². The quantitative estimate of drug-likeness (QED) is 0.859. The van der Waals surface area contributed by atoms with E-state index in [1.165, 1.54) is 11.3 Å². The predicted molar refractivity (Wildman–Crippen MR) is 65.6 cm³/mol. The Morgan fingerprint density at radius 1 is 1.67 bits per heavy atom. The van der Waals surface area contributed by atoms with E-state index in [0.717, 1.165) is 11.3 Å². The lowest BCUT2D eigenvalue weighted by Crippen LogP contribution is -2.45. The van der Waals surface area contributed by atoms with Crippen molar-refractivity contribution in [2.24, 2.45) is 5.73 Å². The van der Waals surface area contributed by atoms with Gasteiger partial charge in [0, 0.05) is 11.1 Å². The molecule has 0 aliphatic heterocycles. The molecule has 0 spiro atoms. The van der Waals surface area contributed by atoms with Crippen molar-refractivity contribution in [1.29, 1.82) is 0 Å². The van der Waals surface area contributed by atoms with E-state index in [1.54, 1.807) is 20.0 Å². The van der Waals surface area contributed by atoms with Gasteiger partial charge in [0.2, 0.25) is 5.91 Å². The molecule has 0 saturated heterocycles. The molecular weight excluding hydrogens is 234 g/mol. The molecule has 0 aliphatic rings. The van der Waals surface area contributed by atoms with E-state index < -0.39 is 5.54 Å². The lowest BCUT2D eigenvalue weighted by atomic mass is 10.1. The second kappa shape index (κ2) is 5.44. The molecule has 0 fully saturated rings. The Balaban J connectivity index is 0.00000196. The highest BCUT2D eigenvalue weighted by Gasteiger charge is 2.22. The lowest BCUT2D eigenvalue weighted by Gasteiger charge is -2.16. The van der Waals surface area contributed by atoms with Gasteiger partial charge in [-0.2, -0.15) is 0 Å². The van der Waals surface area contributed by atoms with Gasteiger partial charge in [0.25, 0.3) is 0 Å². The fraction of sp³-hybridized carbons (Fsp3) is 0.556. The van der Waals surface area contributed by atoms with Crippen molar-refractivity contribution in [2.75, 3.05) is 5.32 Å². The average molecular weight is 250 g/mol. The maximum Gasteiger partial charge on any atom is 0.245 e. The number of hydrogen-bond donors (Lipinski definition) is 2. The molecule has 3 N–H and O–H groups in total.